The second kappa shape index (κ2) is 22.2. The first-order chi connectivity index (χ1) is 12.6. The van der Waals surface area contributed by atoms with E-state index in [2.05, 4.69) is 27.9 Å². The minimum Gasteiger partial charge on any atom is -0.870 e. The van der Waals surface area contributed by atoms with Crippen LogP contribution < -0.4 is 0 Å². The van der Waals surface area contributed by atoms with Gasteiger partial charge in [0.15, 0.2) is 0 Å². The molecule has 0 saturated heterocycles. The fraction of sp³-hybridized carbons (Fsp3) is 1.00. The van der Waals surface area contributed by atoms with Gasteiger partial charge in [-0.05, 0) is 25.7 Å². The Morgan fingerprint density at radius 2 is 0.593 bits per heavy atom. The molecule has 2 heteroatoms. The van der Waals surface area contributed by atoms with Crippen molar-refractivity contribution in [2.45, 2.75) is 136 Å². The Morgan fingerprint density at radius 3 is 0.852 bits per heavy atom. The van der Waals surface area contributed by atoms with Gasteiger partial charge in [0, 0.05) is 0 Å². The average molecular weight is 386 g/mol. The van der Waals surface area contributed by atoms with Gasteiger partial charge in [-0.25, -0.2) is 0 Å². The summed E-state index contributed by atoms with van der Waals surface area (Å²) in [6.45, 7) is 7.37. The molecule has 0 fully saturated rings. The summed E-state index contributed by atoms with van der Waals surface area (Å²) in [5, 5.41) is 0. The number of hydrogen-bond donors (Lipinski definition) is 0. The fourth-order valence-electron chi connectivity index (χ4n) is 3.99. The van der Waals surface area contributed by atoms with Gasteiger partial charge in [0.2, 0.25) is 0 Å². The van der Waals surface area contributed by atoms with Crippen LogP contribution in [0.3, 0.4) is 0 Å². The number of quaternary nitrogens is 1. The summed E-state index contributed by atoms with van der Waals surface area (Å²) in [5.41, 5.74) is 0. The molecule has 0 aliphatic carbocycles. The number of nitrogens with zero attached hydrogens (tertiary/aromatic N) is 1. The average Bonchev–Trinajstić information content (AvgIpc) is 2.62. The Morgan fingerprint density at radius 1 is 0.370 bits per heavy atom. The molecule has 0 radical (unpaired) electrons. The molecular weight excluding hydrogens is 330 g/mol. The molecule has 0 saturated carbocycles. The van der Waals surface area contributed by atoms with E-state index >= 15 is 0 Å². The molecule has 2 nitrogen and oxygen atoms in total. The molecule has 0 atom stereocenters. The highest BCUT2D eigenvalue weighted by molar-refractivity contribution is 4.49. The van der Waals surface area contributed by atoms with Gasteiger partial charge in [0.05, 0.1) is 27.2 Å². The van der Waals surface area contributed by atoms with E-state index in [0.29, 0.717) is 0 Å². The first-order valence-corrected chi connectivity index (χ1v) is 12.4. The van der Waals surface area contributed by atoms with Gasteiger partial charge in [-0.2, -0.15) is 0 Å². The van der Waals surface area contributed by atoms with Crippen LogP contribution in [0.15, 0.2) is 0 Å². The summed E-state index contributed by atoms with van der Waals surface area (Å²) in [7, 11) is 4.89. The standard InChI is InChI=1S/C25H54N.H2O/c1-5-7-9-11-13-15-17-19-21-23-25-26(3,4)24-22-20-18-16-14-12-10-8-6-2;/h5-25H2,1-4H3;1H2/q+1;/p-1. The summed E-state index contributed by atoms with van der Waals surface area (Å²) in [5.74, 6) is 0. The molecule has 1 N–H and O–H groups in total. The predicted molar refractivity (Wildman–Crippen MR) is 123 cm³/mol. The molecule has 0 aromatic rings. The summed E-state index contributed by atoms with van der Waals surface area (Å²) in [6, 6.07) is 0. The van der Waals surface area contributed by atoms with Gasteiger partial charge in [-0.1, -0.05) is 110 Å². The summed E-state index contributed by atoms with van der Waals surface area (Å²) >= 11 is 0. The van der Waals surface area contributed by atoms with Gasteiger partial charge >= 0.3 is 0 Å². The van der Waals surface area contributed by atoms with Gasteiger partial charge < -0.3 is 9.96 Å². The van der Waals surface area contributed by atoms with Gasteiger partial charge in [0.1, 0.15) is 0 Å². The lowest BCUT2D eigenvalue weighted by Crippen LogP contribution is -2.41. The van der Waals surface area contributed by atoms with Crippen LogP contribution in [0.4, 0.5) is 0 Å². The molecule has 0 heterocycles. The van der Waals surface area contributed by atoms with Gasteiger partial charge in [0.25, 0.3) is 0 Å². The largest absolute Gasteiger partial charge is 0.870 e. The lowest BCUT2D eigenvalue weighted by Gasteiger charge is -2.30. The van der Waals surface area contributed by atoms with E-state index in [1.165, 1.54) is 140 Å². The summed E-state index contributed by atoms with van der Waals surface area (Å²) in [4.78, 5) is 0. The van der Waals surface area contributed by atoms with Crippen molar-refractivity contribution >= 4 is 0 Å². The van der Waals surface area contributed by atoms with Crippen LogP contribution in [-0.2, 0) is 0 Å². The minimum absolute atomic E-state index is 0. The summed E-state index contributed by atoms with van der Waals surface area (Å²) in [6.07, 6.45) is 27.5. The SMILES string of the molecule is CCCCCCCCCCCC[N+](C)(C)CCCCCCCCCCC.[OH-]. The Balaban J connectivity index is 0. The number of unbranched alkanes of at least 4 members (excludes halogenated alkanes) is 17. The second-order valence-electron chi connectivity index (χ2n) is 9.39. The molecule has 166 valence electrons. The first kappa shape index (κ1) is 29.1. The van der Waals surface area contributed by atoms with Crippen LogP contribution >= 0.6 is 0 Å². The van der Waals surface area contributed by atoms with E-state index in [4.69, 9.17) is 0 Å². The molecule has 0 aliphatic rings. The van der Waals surface area contributed by atoms with E-state index in [1.54, 1.807) is 0 Å². The zero-order chi connectivity index (χ0) is 19.3. The topological polar surface area (TPSA) is 30.0 Å². The Labute approximate surface area is 173 Å². The highest BCUT2D eigenvalue weighted by Crippen LogP contribution is 2.13. The first-order valence-electron chi connectivity index (χ1n) is 12.4. The molecule has 0 aromatic carbocycles. The maximum absolute atomic E-state index is 2.44. The quantitative estimate of drug-likeness (QED) is 0.144. The van der Waals surface area contributed by atoms with Crippen molar-refractivity contribution in [2.75, 3.05) is 27.2 Å². The van der Waals surface area contributed by atoms with Crippen LogP contribution in [-0.4, -0.2) is 37.1 Å². The van der Waals surface area contributed by atoms with Crippen molar-refractivity contribution < 1.29 is 9.96 Å². The molecule has 27 heavy (non-hydrogen) atoms. The monoisotopic (exact) mass is 385 g/mol. The van der Waals surface area contributed by atoms with Crippen molar-refractivity contribution in [1.82, 2.24) is 0 Å². The molecule has 0 spiro atoms. The molecular formula is C25H55NO. The third-order valence-corrected chi connectivity index (χ3v) is 5.98. The van der Waals surface area contributed by atoms with Crippen LogP contribution in [0.25, 0.3) is 0 Å². The third kappa shape index (κ3) is 23.9. The normalized spacial score (nSPS) is 11.6. The third-order valence-electron chi connectivity index (χ3n) is 5.98. The lowest BCUT2D eigenvalue weighted by molar-refractivity contribution is -0.890. The zero-order valence-electron chi connectivity index (χ0n) is 19.7. The van der Waals surface area contributed by atoms with E-state index in [-0.39, 0.29) is 5.48 Å². The smallest absolute Gasteiger partial charge is 0.0782 e. The van der Waals surface area contributed by atoms with Crippen LogP contribution in [0.2, 0.25) is 0 Å². The maximum Gasteiger partial charge on any atom is 0.0782 e. The molecule has 0 rings (SSSR count). The predicted octanol–water partition coefficient (Wildman–Crippen LogP) is 8.34. The highest BCUT2D eigenvalue weighted by atomic mass is 16.0. The van der Waals surface area contributed by atoms with Gasteiger partial charge in [-0.15, -0.1) is 0 Å². The Bertz CT molecular complexity index is 265. The second-order valence-corrected chi connectivity index (χ2v) is 9.39. The van der Waals surface area contributed by atoms with E-state index < -0.39 is 0 Å². The van der Waals surface area contributed by atoms with E-state index in [0.717, 1.165) is 0 Å². The number of rotatable bonds is 21. The van der Waals surface area contributed by atoms with Crippen molar-refractivity contribution in [3.8, 4) is 0 Å². The van der Waals surface area contributed by atoms with Crippen molar-refractivity contribution in [1.29, 1.82) is 0 Å². The van der Waals surface area contributed by atoms with Crippen molar-refractivity contribution in [3.63, 3.8) is 0 Å². The molecule has 0 bridgehead atoms. The Hall–Kier alpha value is -0.0800. The molecule has 0 amide bonds. The van der Waals surface area contributed by atoms with Crippen molar-refractivity contribution in [3.05, 3.63) is 0 Å². The lowest BCUT2D eigenvalue weighted by atomic mass is 10.1. The van der Waals surface area contributed by atoms with Crippen LogP contribution in [0, 0.1) is 0 Å². The number of hydrogen-bond acceptors (Lipinski definition) is 1. The molecule has 0 aromatic heterocycles. The maximum atomic E-state index is 2.44. The molecule has 0 unspecified atom stereocenters. The zero-order valence-corrected chi connectivity index (χ0v) is 19.7. The summed E-state index contributed by atoms with van der Waals surface area (Å²) < 4.78 is 1.24. The molecule has 0 aliphatic heterocycles. The highest BCUT2D eigenvalue weighted by Gasteiger charge is 2.13. The van der Waals surface area contributed by atoms with Gasteiger partial charge in [-0.3, -0.25) is 0 Å². The van der Waals surface area contributed by atoms with Crippen LogP contribution in [0.1, 0.15) is 136 Å². The van der Waals surface area contributed by atoms with Crippen LogP contribution in [0.5, 0.6) is 0 Å². The van der Waals surface area contributed by atoms with Crippen molar-refractivity contribution in [2.24, 2.45) is 0 Å². The van der Waals surface area contributed by atoms with E-state index in [1.807, 2.05) is 0 Å². The Kier molecular flexibility index (Phi) is 24.0. The minimum atomic E-state index is 0. The fourth-order valence-corrected chi connectivity index (χ4v) is 3.99. The van der Waals surface area contributed by atoms with E-state index in [9.17, 15) is 0 Å².